The standard InChI is InChI=1S/C28H26N2O4S/c1-3-33-26(31)19-34-24-16-14-21(15-17-24)18-25-27(32)30(20(2)22-10-6-4-7-11-22)28(35-25)29-23-12-8-5-9-13-23/h4-18,20H,3,19H2,1-2H3/b25-18+,29-28?/t20-/m0/s1. The number of aliphatic imine (C=N–C) groups is 1. The SMILES string of the molecule is CCOC(=O)COc1ccc(/C=C2/SC(=Nc3ccccc3)N([C@@H](C)c3ccccc3)C2=O)cc1. The maximum absolute atomic E-state index is 13.5. The van der Waals surface area contributed by atoms with Crippen LogP contribution >= 0.6 is 11.8 Å². The fraction of sp³-hybridized carbons (Fsp3) is 0.179. The van der Waals surface area contributed by atoms with Gasteiger partial charge in [-0.25, -0.2) is 9.79 Å². The number of nitrogens with zero attached hydrogens (tertiary/aromatic N) is 2. The summed E-state index contributed by atoms with van der Waals surface area (Å²) in [6.07, 6.45) is 1.85. The van der Waals surface area contributed by atoms with Gasteiger partial charge in [-0.3, -0.25) is 9.69 Å². The topological polar surface area (TPSA) is 68.2 Å². The number of rotatable bonds is 8. The Hall–Kier alpha value is -3.84. The first kappa shape index (κ1) is 24.3. The third kappa shape index (κ3) is 6.19. The van der Waals surface area contributed by atoms with Crippen LogP contribution in [-0.2, 0) is 14.3 Å². The van der Waals surface area contributed by atoms with Crippen molar-refractivity contribution < 1.29 is 19.1 Å². The van der Waals surface area contributed by atoms with Gasteiger partial charge < -0.3 is 9.47 Å². The third-order valence-corrected chi connectivity index (χ3v) is 6.31. The van der Waals surface area contributed by atoms with Crippen molar-refractivity contribution in [3.05, 3.63) is 101 Å². The van der Waals surface area contributed by atoms with E-state index in [4.69, 9.17) is 14.5 Å². The number of amides is 1. The second-order valence-corrected chi connectivity index (χ2v) is 8.77. The van der Waals surface area contributed by atoms with Gasteiger partial charge >= 0.3 is 5.97 Å². The van der Waals surface area contributed by atoms with Crippen molar-refractivity contribution in [1.82, 2.24) is 4.90 Å². The number of hydrogen-bond donors (Lipinski definition) is 0. The molecule has 1 saturated heterocycles. The average molecular weight is 487 g/mol. The molecule has 0 aromatic heterocycles. The van der Waals surface area contributed by atoms with Crippen molar-refractivity contribution in [1.29, 1.82) is 0 Å². The number of hydrogen-bond acceptors (Lipinski definition) is 6. The Morgan fingerprint density at radius 1 is 1.00 bits per heavy atom. The highest BCUT2D eigenvalue weighted by Gasteiger charge is 2.37. The number of thioether (sulfide) groups is 1. The highest BCUT2D eigenvalue weighted by molar-refractivity contribution is 8.18. The first-order chi connectivity index (χ1) is 17.0. The van der Waals surface area contributed by atoms with Crippen molar-refractivity contribution >= 4 is 40.6 Å². The zero-order valence-corrected chi connectivity index (χ0v) is 20.4. The molecule has 0 radical (unpaired) electrons. The van der Waals surface area contributed by atoms with E-state index in [0.717, 1.165) is 16.8 Å². The summed E-state index contributed by atoms with van der Waals surface area (Å²) >= 11 is 1.36. The Kier molecular flexibility index (Phi) is 8.00. The maximum Gasteiger partial charge on any atom is 0.344 e. The lowest BCUT2D eigenvalue weighted by Crippen LogP contribution is -2.32. The lowest BCUT2D eigenvalue weighted by atomic mass is 10.1. The lowest BCUT2D eigenvalue weighted by molar-refractivity contribution is -0.145. The second-order valence-electron chi connectivity index (χ2n) is 7.77. The molecule has 1 aliphatic rings. The molecule has 178 valence electrons. The van der Waals surface area contributed by atoms with Gasteiger partial charge in [0.05, 0.1) is 23.2 Å². The minimum Gasteiger partial charge on any atom is -0.482 e. The molecule has 0 saturated carbocycles. The molecular formula is C28H26N2O4S. The van der Waals surface area contributed by atoms with Crippen LogP contribution in [0.15, 0.2) is 94.8 Å². The molecule has 0 N–H and O–H groups in total. The van der Waals surface area contributed by atoms with Crippen LogP contribution in [0.1, 0.15) is 31.0 Å². The number of para-hydroxylation sites is 1. The molecule has 0 bridgehead atoms. The van der Waals surface area contributed by atoms with Crippen LogP contribution in [0.2, 0.25) is 0 Å². The van der Waals surface area contributed by atoms with Gasteiger partial charge in [0.15, 0.2) is 11.8 Å². The van der Waals surface area contributed by atoms with Gasteiger partial charge in [0, 0.05) is 0 Å². The van der Waals surface area contributed by atoms with E-state index < -0.39 is 5.97 Å². The minimum atomic E-state index is -0.412. The Labute approximate surface area is 209 Å². The first-order valence-electron chi connectivity index (χ1n) is 11.4. The number of carbonyl (C=O) groups excluding carboxylic acids is 2. The molecule has 0 unspecified atom stereocenters. The van der Waals surface area contributed by atoms with E-state index in [-0.39, 0.29) is 18.6 Å². The second kappa shape index (κ2) is 11.5. The molecular weight excluding hydrogens is 460 g/mol. The highest BCUT2D eigenvalue weighted by Crippen LogP contribution is 2.39. The minimum absolute atomic E-state index is 0.0938. The molecule has 1 atom stereocenters. The molecule has 35 heavy (non-hydrogen) atoms. The van der Waals surface area contributed by atoms with Crippen molar-refractivity contribution in [2.45, 2.75) is 19.9 Å². The predicted molar refractivity (Wildman–Crippen MR) is 139 cm³/mol. The summed E-state index contributed by atoms with van der Waals surface area (Å²) in [5, 5.41) is 0.637. The number of esters is 1. The number of carbonyl (C=O) groups is 2. The average Bonchev–Trinajstić information content (AvgIpc) is 3.18. The van der Waals surface area contributed by atoms with E-state index in [1.807, 2.05) is 85.8 Å². The number of benzene rings is 3. The summed E-state index contributed by atoms with van der Waals surface area (Å²) in [6, 6.07) is 26.6. The summed E-state index contributed by atoms with van der Waals surface area (Å²) in [5.74, 6) is 0.0458. The van der Waals surface area contributed by atoms with Gasteiger partial charge in [-0.2, -0.15) is 0 Å². The van der Waals surface area contributed by atoms with Gasteiger partial charge in [-0.1, -0.05) is 60.7 Å². The van der Waals surface area contributed by atoms with E-state index in [2.05, 4.69) is 0 Å². The molecule has 3 aromatic rings. The fourth-order valence-electron chi connectivity index (χ4n) is 3.56. The quantitative estimate of drug-likeness (QED) is 0.289. The van der Waals surface area contributed by atoms with E-state index in [1.165, 1.54) is 11.8 Å². The molecule has 0 spiro atoms. The van der Waals surface area contributed by atoms with Gasteiger partial charge in [0.2, 0.25) is 0 Å². The Morgan fingerprint density at radius 2 is 1.66 bits per heavy atom. The molecule has 1 amide bonds. The monoisotopic (exact) mass is 486 g/mol. The van der Waals surface area contributed by atoms with Crippen molar-refractivity contribution in [2.75, 3.05) is 13.2 Å². The largest absolute Gasteiger partial charge is 0.482 e. The zero-order chi connectivity index (χ0) is 24.6. The van der Waals surface area contributed by atoms with E-state index >= 15 is 0 Å². The van der Waals surface area contributed by atoms with Gasteiger partial charge in [-0.15, -0.1) is 0 Å². The van der Waals surface area contributed by atoms with Crippen LogP contribution in [0.5, 0.6) is 5.75 Å². The van der Waals surface area contributed by atoms with Gasteiger partial charge in [0.1, 0.15) is 5.75 Å². The Balaban J connectivity index is 1.58. The molecule has 3 aromatic carbocycles. The van der Waals surface area contributed by atoms with E-state index in [9.17, 15) is 9.59 Å². The summed E-state index contributed by atoms with van der Waals surface area (Å²) < 4.78 is 10.3. The number of ether oxygens (including phenoxy) is 2. The molecule has 1 aliphatic heterocycles. The Bertz CT molecular complexity index is 1220. The van der Waals surface area contributed by atoms with Crippen LogP contribution in [0, 0.1) is 0 Å². The van der Waals surface area contributed by atoms with Gasteiger partial charge in [-0.05, 0) is 67.1 Å². The van der Waals surface area contributed by atoms with Crippen LogP contribution < -0.4 is 4.74 Å². The smallest absolute Gasteiger partial charge is 0.344 e. The Morgan fingerprint density at radius 3 is 2.31 bits per heavy atom. The lowest BCUT2D eigenvalue weighted by Gasteiger charge is -2.24. The molecule has 7 heteroatoms. The maximum atomic E-state index is 13.5. The fourth-order valence-corrected chi connectivity index (χ4v) is 4.62. The molecule has 6 nitrogen and oxygen atoms in total. The van der Waals surface area contributed by atoms with Crippen molar-refractivity contribution in [3.63, 3.8) is 0 Å². The van der Waals surface area contributed by atoms with Crippen LogP contribution in [0.4, 0.5) is 5.69 Å². The van der Waals surface area contributed by atoms with Gasteiger partial charge in [0.25, 0.3) is 5.91 Å². The van der Waals surface area contributed by atoms with Crippen LogP contribution in [-0.4, -0.2) is 35.2 Å². The highest BCUT2D eigenvalue weighted by atomic mass is 32.2. The first-order valence-corrected chi connectivity index (χ1v) is 12.2. The predicted octanol–water partition coefficient (Wildman–Crippen LogP) is 5.99. The van der Waals surface area contributed by atoms with Crippen molar-refractivity contribution in [3.8, 4) is 5.75 Å². The van der Waals surface area contributed by atoms with E-state index in [1.54, 1.807) is 24.0 Å². The molecule has 4 rings (SSSR count). The molecule has 1 heterocycles. The molecule has 1 fully saturated rings. The summed E-state index contributed by atoms with van der Waals surface area (Å²) in [4.78, 5) is 32.1. The van der Waals surface area contributed by atoms with Crippen molar-refractivity contribution in [2.24, 2.45) is 4.99 Å². The van der Waals surface area contributed by atoms with E-state index in [0.29, 0.717) is 22.4 Å². The summed E-state index contributed by atoms with van der Waals surface area (Å²) in [7, 11) is 0. The zero-order valence-electron chi connectivity index (χ0n) is 19.6. The normalized spacial score (nSPS) is 16.5. The molecule has 0 aliphatic carbocycles. The number of amidine groups is 1. The van der Waals surface area contributed by atoms with Crippen LogP contribution in [0.25, 0.3) is 6.08 Å². The summed E-state index contributed by atoms with van der Waals surface area (Å²) in [5.41, 5.74) is 2.67. The third-order valence-electron chi connectivity index (χ3n) is 5.33. The van der Waals surface area contributed by atoms with Crippen LogP contribution in [0.3, 0.4) is 0 Å². The summed E-state index contributed by atoms with van der Waals surface area (Å²) in [6.45, 7) is 3.93.